The lowest BCUT2D eigenvalue weighted by Crippen LogP contribution is -2.34. The van der Waals surface area contributed by atoms with Crippen LogP contribution in [0, 0.1) is 0 Å². The fraction of sp³-hybridized carbons (Fsp3) is 0.348. The van der Waals surface area contributed by atoms with Crippen molar-refractivity contribution >= 4 is 16.8 Å². The van der Waals surface area contributed by atoms with Crippen LogP contribution in [0.5, 0.6) is 11.5 Å². The summed E-state index contributed by atoms with van der Waals surface area (Å²) in [6.07, 6.45) is 0.346. The standard InChI is InChI=1S/C23H26N4O4/c1-15-13-27(14-16-7-8-17(30-2)11-20(16)31-15)10-9-22(28)24-12-21-25-19-6-4-3-5-18(19)23(29)26-21/h3-8,11,15H,9-10,12-14H2,1-2H3,(H,24,28)(H,25,26,29)/t15-/m0/s1. The number of nitrogens with zero attached hydrogens (tertiary/aromatic N) is 2. The summed E-state index contributed by atoms with van der Waals surface area (Å²) in [5, 5.41) is 3.38. The Morgan fingerprint density at radius 3 is 3.00 bits per heavy atom. The smallest absolute Gasteiger partial charge is 0.258 e. The van der Waals surface area contributed by atoms with Crippen LogP contribution in [0.1, 0.15) is 24.7 Å². The van der Waals surface area contributed by atoms with E-state index in [2.05, 4.69) is 20.2 Å². The van der Waals surface area contributed by atoms with Crippen molar-refractivity contribution in [2.75, 3.05) is 20.2 Å². The summed E-state index contributed by atoms with van der Waals surface area (Å²) in [7, 11) is 1.63. The van der Waals surface area contributed by atoms with Gasteiger partial charge in [-0.1, -0.05) is 18.2 Å². The number of ether oxygens (including phenoxy) is 2. The van der Waals surface area contributed by atoms with Crippen molar-refractivity contribution in [2.45, 2.75) is 32.5 Å². The van der Waals surface area contributed by atoms with Gasteiger partial charge in [0.25, 0.3) is 5.56 Å². The zero-order chi connectivity index (χ0) is 21.8. The first-order valence-electron chi connectivity index (χ1n) is 10.3. The summed E-state index contributed by atoms with van der Waals surface area (Å²) >= 11 is 0. The van der Waals surface area contributed by atoms with Gasteiger partial charge in [-0.15, -0.1) is 0 Å². The number of hydrogen-bond acceptors (Lipinski definition) is 6. The number of hydrogen-bond donors (Lipinski definition) is 2. The van der Waals surface area contributed by atoms with E-state index in [-0.39, 0.29) is 24.1 Å². The minimum Gasteiger partial charge on any atom is -0.497 e. The Balaban J connectivity index is 1.33. The molecule has 1 atom stereocenters. The van der Waals surface area contributed by atoms with Crippen LogP contribution < -0.4 is 20.3 Å². The SMILES string of the molecule is COc1ccc2c(c1)O[C@@H](C)CN(CCC(=O)NCc1nc3ccccc3c(=O)[nH]1)C2. The molecule has 0 aliphatic carbocycles. The molecule has 2 N–H and O–H groups in total. The van der Waals surface area contributed by atoms with Gasteiger partial charge in [0.1, 0.15) is 23.4 Å². The summed E-state index contributed by atoms with van der Waals surface area (Å²) in [4.78, 5) is 33.9. The van der Waals surface area contributed by atoms with Gasteiger partial charge >= 0.3 is 0 Å². The second-order valence-corrected chi connectivity index (χ2v) is 7.69. The molecule has 0 saturated heterocycles. The van der Waals surface area contributed by atoms with Crippen LogP contribution >= 0.6 is 0 Å². The number of amides is 1. The number of H-pyrrole nitrogens is 1. The molecule has 1 aliphatic rings. The first kappa shape index (κ1) is 20.9. The Morgan fingerprint density at radius 2 is 2.16 bits per heavy atom. The zero-order valence-corrected chi connectivity index (χ0v) is 17.7. The van der Waals surface area contributed by atoms with Crippen molar-refractivity contribution in [1.82, 2.24) is 20.2 Å². The molecule has 8 nitrogen and oxygen atoms in total. The average Bonchev–Trinajstić information content (AvgIpc) is 2.93. The molecule has 0 saturated carbocycles. The molecule has 2 aromatic carbocycles. The number of rotatable bonds is 6. The van der Waals surface area contributed by atoms with E-state index in [4.69, 9.17) is 9.47 Å². The van der Waals surface area contributed by atoms with Gasteiger partial charge in [0.15, 0.2) is 0 Å². The first-order chi connectivity index (χ1) is 15.0. The molecule has 1 amide bonds. The van der Waals surface area contributed by atoms with E-state index >= 15 is 0 Å². The number of carbonyl (C=O) groups is 1. The molecule has 2 heterocycles. The normalized spacial score (nSPS) is 16.3. The van der Waals surface area contributed by atoms with Crippen molar-refractivity contribution in [3.8, 4) is 11.5 Å². The topological polar surface area (TPSA) is 96.6 Å². The predicted molar refractivity (Wildman–Crippen MR) is 117 cm³/mol. The van der Waals surface area contributed by atoms with Crippen LogP contribution in [0.25, 0.3) is 10.9 Å². The molecule has 1 aliphatic heterocycles. The van der Waals surface area contributed by atoms with Crippen LogP contribution in [-0.4, -0.2) is 47.1 Å². The Kier molecular flexibility index (Phi) is 6.18. The highest BCUT2D eigenvalue weighted by molar-refractivity contribution is 5.77. The highest BCUT2D eigenvalue weighted by Gasteiger charge is 2.21. The fourth-order valence-corrected chi connectivity index (χ4v) is 3.74. The van der Waals surface area contributed by atoms with Crippen LogP contribution in [-0.2, 0) is 17.9 Å². The van der Waals surface area contributed by atoms with Crippen LogP contribution in [0.4, 0.5) is 0 Å². The molecular formula is C23H26N4O4. The van der Waals surface area contributed by atoms with E-state index in [9.17, 15) is 9.59 Å². The quantitative estimate of drug-likeness (QED) is 0.632. The van der Waals surface area contributed by atoms with Gasteiger partial charge in [-0.05, 0) is 25.1 Å². The number of aromatic nitrogens is 2. The second kappa shape index (κ2) is 9.18. The maximum Gasteiger partial charge on any atom is 0.258 e. The minimum atomic E-state index is -0.205. The van der Waals surface area contributed by atoms with Crippen molar-refractivity contribution < 1.29 is 14.3 Å². The highest BCUT2D eigenvalue weighted by atomic mass is 16.5. The van der Waals surface area contributed by atoms with Gasteiger partial charge in [0.2, 0.25) is 5.91 Å². The zero-order valence-electron chi connectivity index (χ0n) is 17.7. The Labute approximate surface area is 180 Å². The lowest BCUT2D eigenvalue weighted by Gasteiger charge is -2.21. The van der Waals surface area contributed by atoms with Gasteiger partial charge in [-0.25, -0.2) is 4.98 Å². The molecule has 0 fully saturated rings. The van der Waals surface area contributed by atoms with Crippen molar-refractivity contribution in [3.05, 3.63) is 64.2 Å². The molecule has 8 heteroatoms. The van der Waals surface area contributed by atoms with E-state index in [1.54, 1.807) is 25.3 Å². The van der Waals surface area contributed by atoms with Gasteiger partial charge < -0.3 is 19.8 Å². The van der Waals surface area contributed by atoms with Crippen LogP contribution in [0.3, 0.4) is 0 Å². The summed E-state index contributed by atoms with van der Waals surface area (Å²) in [5.41, 5.74) is 1.48. The van der Waals surface area contributed by atoms with E-state index in [0.29, 0.717) is 36.2 Å². The second-order valence-electron chi connectivity index (χ2n) is 7.69. The summed E-state index contributed by atoms with van der Waals surface area (Å²) in [5.74, 6) is 1.93. The number of para-hydroxylation sites is 1. The monoisotopic (exact) mass is 422 g/mol. The molecule has 0 unspecified atom stereocenters. The van der Waals surface area contributed by atoms with E-state index in [1.165, 1.54) is 0 Å². The lowest BCUT2D eigenvalue weighted by molar-refractivity contribution is -0.121. The van der Waals surface area contributed by atoms with Crippen molar-refractivity contribution in [1.29, 1.82) is 0 Å². The van der Waals surface area contributed by atoms with Gasteiger partial charge in [-0.2, -0.15) is 0 Å². The minimum absolute atomic E-state index is 0.00305. The van der Waals surface area contributed by atoms with Gasteiger partial charge in [0, 0.05) is 37.7 Å². The van der Waals surface area contributed by atoms with Crippen LogP contribution in [0.15, 0.2) is 47.3 Å². The molecular weight excluding hydrogens is 396 g/mol. The molecule has 162 valence electrons. The maximum atomic E-state index is 12.4. The number of nitrogens with one attached hydrogen (secondary N) is 2. The number of benzene rings is 2. The first-order valence-corrected chi connectivity index (χ1v) is 10.3. The average molecular weight is 422 g/mol. The van der Waals surface area contributed by atoms with E-state index < -0.39 is 0 Å². The van der Waals surface area contributed by atoms with E-state index in [1.807, 2.05) is 31.2 Å². The van der Waals surface area contributed by atoms with Crippen molar-refractivity contribution in [3.63, 3.8) is 0 Å². The number of methoxy groups -OCH3 is 1. The van der Waals surface area contributed by atoms with E-state index in [0.717, 1.165) is 23.6 Å². The maximum absolute atomic E-state index is 12.4. The number of aromatic amines is 1. The Morgan fingerprint density at radius 1 is 1.32 bits per heavy atom. The van der Waals surface area contributed by atoms with Gasteiger partial charge in [0.05, 0.1) is 24.6 Å². The molecule has 4 rings (SSSR count). The molecule has 0 spiro atoms. The highest BCUT2D eigenvalue weighted by Crippen LogP contribution is 2.29. The molecule has 0 radical (unpaired) electrons. The summed E-state index contributed by atoms with van der Waals surface area (Å²) in [6, 6.07) is 13.0. The third kappa shape index (κ3) is 5.03. The van der Waals surface area contributed by atoms with Crippen LogP contribution in [0.2, 0.25) is 0 Å². The fourth-order valence-electron chi connectivity index (χ4n) is 3.74. The summed E-state index contributed by atoms with van der Waals surface area (Å²) < 4.78 is 11.3. The number of fused-ring (bicyclic) bond motifs is 2. The van der Waals surface area contributed by atoms with Crippen molar-refractivity contribution in [2.24, 2.45) is 0 Å². The van der Waals surface area contributed by atoms with Gasteiger partial charge in [-0.3, -0.25) is 14.5 Å². The predicted octanol–water partition coefficient (Wildman–Crippen LogP) is 2.22. The molecule has 1 aromatic heterocycles. The summed E-state index contributed by atoms with van der Waals surface area (Å²) in [6.45, 7) is 4.23. The third-order valence-corrected chi connectivity index (χ3v) is 5.28. The lowest BCUT2D eigenvalue weighted by atomic mass is 10.1. The largest absolute Gasteiger partial charge is 0.497 e. The number of carbonyl (C=O) groups excluding carboxylic acids is 1. The molecule has 0 bridgehead atoms. The Bertz CT molecular complexity index is 1140. The Hall–Kier alpha value is -3.39. The third-order valence-electron chi connectivity index (χ3n) is 5.28. The molecule has 3 aromatic rings. The molecule has 31 heavy (non-hydrogen) atoms.